The summed E-state index contributed by atoms with van der Waals surface area (Å²) >= 11 is 12.3. The van der Waals surface area contributed by atoms with Crippen LogP contribution in [0.1, 0.15) is 39.5 Å². The third-order valence-electron chi connectivity index (χ3n) is 5.16. The van der Waals surface area contributed by atoms with Crippen LogP contribution >= 0.6 is 23.2 Å². The molecule has 0 aliphatic heterocycles. The van der Waals surface area contributed by atoms with Gasteiger partial charge in [-0.05, 0) is 50.2 Å². The van der Waals surface area contributed by atoms with Crippen molar-refractivity contribution in [1.29, 1.82) is 0 Å². The average Bonchev–Trinajstić information content (AvgIpc) is 2.72. The normalized spacial score (nSPS) is 11.6. The first-order valence-electron chi connectivity index (χ1n) is 10.3. The van der Waals surface area contributed by atoms with E-state index in [1.807, 2.05) is 12.1 Å². The standard InChI is InChI=1S/C23H28Cl2N2O2/c1-3-5-11-27(12-6-4-2)13-14-29-16-7-8-17-20(15-16)26-19-10-9-18(24)22(25)21(19)23(17)28/h7-10,15H,3-6,11-14H2,1-2H3,(H,26,28). The number of benzene rings is 2. The lowest BCUT2D eigenvalue weighted by Gasteiger charge is -2.22. The molecule has 0 saturated carbocycles. The van der Waals surface area contributed by atoms with E-state index >= 15 is 0 Å². The van der Waals surface area contributed by atoms with Gasteiger partial charge in [0.2, 0.25) is 0 Å². The van der Waals surface area contributed by atoms with Crippen molar-refractivity contribution < 1.29 is 4.74 Å². The zero-order valence-corrected chi connectivity index (χ0v) is 18.6. The van der Waals surface area contributed by atoms with E-state index in [-0.39, 0.29) is 10.5 Å². The highest BCUT2D eigenvalue weighted by molar-refractivity contribution is 6.45. The zero-order valence-electron chi connectivity index (χ0n) is 17.1. The van der Waals surface area contributed by atoms with E-state index in [2.05, 4.69) is 23.7 Å². The van der Waals surface area contributed by atoms with E-state index in [1.54, 1.807) is 18.2 Å². The Labute approximate surface area is 181 Å². The van der Waals surface area contributed by atoms with Crippen LogP contribution in [0.15, 0.2) is 35.1 Å². The van der Waals surface area contributed by atoms with Gasteiger partial charge in [-0.15, -0.1) is 0 Å². The molecule has 2 aromatic carbocycles. The summed E-state index contributed by atoms with van der Waals surface area (Å²) in [6.45, 7) is 8.18. The van der Waals surface area contributed by atoms with Crippen molar-refractivity contribution >= 4 is 45.0 Å². The number of halogens is 2. The minimum absolute atomic E-state index is 0.127. The smallest absolute Gasteiger partial charge is 0.198 e. The van der Waals surface area contributed by atoms with Gasteiger partial charge in [-0.25, -0.2) is 0 Å². The van der Waals surface area contributed by atoms with Crippen molar-refractivity contribution in [3.05, 3.63) is 50.6 Å². The molecular formula is C23H28Cl2N2O2. The molecule has 6 heteroatoms. The Morgan fingerprint density at radius 3 is 2.38 bits per heavy atom. The van der Waals surface area contributed by atoms with Crippen LogP contribution in [0.3, 0.4) is 0 Å². The fourth-order valence-electron chi connectivity index (χ4n) is 3.46. The Morgan fingerprint density at radius 1 is 0.966 bits per heavy atom. The number of aromatic nitrogens is 1. The predicted octanol–water partition coefficient (Wildman–Crippen LogP) is 6.27. The molecule has 0 aliphatic carbocycles. The van der Waals surface area contributed by atoms with Gasteiger partial charge >= 0.3 is 0 Å². The number of pyridine rings is 1. The first-order chi connectivity index (χ1) is 14.0. The molecule has 1 heterocycles. The van der Waals surface area contributed by atoms with Crippen molar-refractivity contribution in [2.24, 2.45) is 0 Å². The summed E-state index contributed by atoms with van der Waals surface area (Å²) in [4.78, 5) is 18.6. The minimum Gasteiger partial charge on any atom is -0.492 e. The number of aromatic amines is 1. The number of fused-ring (bicyclic) bond motifs is 2. The highest BCUT2D eigenvalue weighted by atomic mass is 35.5. The Balaban J connectivity index is 1.76. The lowest BCUT2D eigenvalue weighted by molar-refractivity contribution is 0.204. The molecule has 0 unspecified atom stereocenters. The Bertz CT molecular complexity index is 1020. The summed E-state index contributed by atoms with van der Waals surface area (Å²) in [7, 11) is 0. The molecule has 0 saturated heterocycles. The van der Waals surface area contributed by atoms with Gasteiger partial charge in [-0.3, -0.25) is 9.69 Å². The molecule has 3 rings (SSSR count). The zero-order chi connectivity index (χ0) is 20.8. The van der Waals surface area contributed by atoms with E-state index in [4.69, 9.17) is 27.9 Å². The Morgan fingerprint density at radius 2 is 1.69 bits per heavy atom. The first kappa shape index (κ1) is 21.9. The minimum atomic E-state index is -0.127. The number of ether oxygens (including phenoxy) is 1. The van der Waals surface area contributed by atoms with Crippen molar-refractivity contribution in [2.75, 3.05) is 26.2 Å². The molecule has 0 spiro atoms. The van der Waals surface area contributed by atoms with Gasteiger partial charge in [0, 0.05) is 18.0 Å². The van der Waals surface area contributed by atoms with Crippen LogP contribution in [-0.2, 0) is 0 Å². The lowest BCUT2D eigenvalue weighted by atomic mass is 10.1. The molecule has 0 radical (unpaired) electrons. The second-order valence-corrected chi connectivity index (χ2v) is 8.13. The second-order valence-electron chi connectivity index (χ2n) is 7.34. The molecule has 4 nitrogen and oxygen atoms in total. The molecular weight excluding hydrogens is 407 g/mol. The van der Waals surface area contributed by atoms with Crippen LogP contribution in [0.2, 0.25) is 10.0 Å². The van der Waals surface area contributed by atoms with Gasteiger partial charge in [0.15, 0.2) is 5.43 Å². The molecule has 3 aromatic rings. The molecule has 0 atom stereocenters. The maximum absolute atomic E-state index is 12.9. The summed E-state index contributed by atoms with van der Waals surface area (Å²) in [6.07, 6.45) is 4.82. The highest BCUT2D eigenvalue weighted by Crippen LogP contribution is 2.29. The summed E-state index contributed by atoms with van der Waals surface area (Å²) in [5, 5.41) is 1.65. The lowest BCUT2D eigenvalue weighted by Crippen LogP contribution is -2.30. The Kier molecular flexibility index (Phi) is 7.82. The van der Waals surface area contributed by atoms with E-state index < -0.39 is 0 Å². The summed E-state index contributed by atoms with van der Waals surface area (Å²) in [5.41, 5.74) is 1.27. The molecule has 0 aliphatic rings. The SMILES string of the molecule is CCCCN(CCCC)CCOc1ccc2c(=O)c3c(Cl)c(Cl)ccc3[nH]c2c1. The summed E-state index contributed by atoms with van der Waals surface area (Å²) in [5.74, 6) is 0.749. The quantitative estimate of drug-likeness (QED) is 0.382. The number of unbranched alkanes of at least 4 members (excludes halogenated alkanes) is 2. The molecule has 1 N–H and O–H groups in total. The van der Waals surface area contributed by atoms with Crippen LogP contribution in [0, 0.1) is 0 Å². The van der Waals surface area contributed by atoms with E-state index in [0.29, 0.717) is 27.9 Å². The van der Waals surface area contributed by atoms with Crippen LogP contribution in [0.5, 0.6) is 5.75 Å². The average molecular weight is 435 g/mol. The van der Waals surface area contributed by atoms with E-state index in [1.165, 1.54) is 25.7 Å². The summed E-state index contributed by atoms with van der Waals surface area (Å²) < 4.78 is 5.99. The maximum atomic E-state index is 12.9. The number of nitrogens with zero attached hydrogens (tertiary/aromatic N) is 1. The van der Waals surface area contributed by atoms with E-state index in [9.17, 15) is 4.79 Å². The molecule has 0 amide bonds. The van der Waals surface area contributed by atoms with Gasteiger partial charge in [0.25, 0.3) is 0 Å². The van der Waals surface area contributed by atoms with Crippen LogP contribution in [-0.4, -0.2) is 36.1 Å². The number of H-pyrrole nitrogens is 1. The van der Waals surface area contributed by atoms with Crippen LogP contribution in [0.4, 0.5) is 0 Å². The van der Waals surface area contributed by atoms with Crippen molar-refractivity contribution in [3.63, 3.8) is 0 Å². The maximum Gasteiger partial charge on any atom is 0.198 e. The van der Waals surface area contributed by atoms with E-state index in [0.717, 1.165) is 30.9 Å². The fraction of sp³-hybridized carbons (Fsp3) is 0.435. The Hall–Kier alpha value is -1.75. The van der Waals surface area contributed by atoms with Gasteiger partial charge in [0.05, 0.1) is 26.5 Å². The molecule has 156 valence electrons. The van der Waals surface area contributed by atoms with Crippen LogP contribution < -0.4 is 10.2 Å². The fourth-order valence-corrected chi connectivity index (χ4v) is 3.87. The van der Waals surface area contributed by atoms with Gasteiger partial charge < -0.3 is 9.72 Å². The molecule has 29 heavy (non-hydrogen) atoms. The number of hydrogen-bond acceptors (Lipinski definition) is 3. The molecule has 0 fully saturated rings. The highest BCUT2D eigenvalue weighted by Gasteiger charge is 2.12. The second kappa shape index (κ2) is 10.3. The molecule has 1 aromatic heterocycles. The third-order valence-corrected chi connectivity index (χ3v) is 5.96. The van der Waals surface area contributed by atoms with Gasteiger partial charge in [-0.1, -0.05) is 49.9 Å². The third kappa shape index (κ3) is 5.25. The van der Waals surface area contributed by atoms with Gasteiger partial charge in [0.1, 0.15) is 12.4 Å². The number of hydrogen-bond donors (Lipinski definition) is 1. The number of nitrogens with one attached hydrogen (secondary N) is 1. The monoisotopic (exact) mass is 434 g/mol. The summed E-state index contributed by atoms with van der Waals surface area (Å²) in [6, 6.07) is 8.96. The molecule has 0 bridgehead atoms. The number of rotatable bonds is 10. The van der Waals surface area contributed by atoms with Gasteiger partial charge in [-0.2, -0.15) is 0 Å². The predicted molar refractivity (Wildman–Crippen MR) is 124 cm³/mol. The largest absolute Gasteiger partial charge is 0.492 e. The van der Waals surface area contributed by atoms with Crippen molar-refractivity contribution in [3.8, 4) is 5.75 Å². The van der Waals surface area contributed by atoms with Crippen molar-refractivity contribution in [2.45, 2.75) is 39.5 Å². The van der Waals surface area contributed by atoms with Crippen molar-refractivity contribution in [1.82, 2.24) is 9.88 Å². The topological polar surface area (TPSA) is 45.3 Å². The van der Waals surface area contributed by atoms with Crippen LogP contribution in [0.25, 0.3) is 21.8 Å². The first-order valence-corrected chi connectivity index (χ1v) is 11.1.